The number of anilines is 1. The minimum atomic E-state index is -1.05. The molecule has 0 unspecified atom stereocenters. The number of pyridine rings is 1. The molecule has 0 saturated carbocycles. The number of ether oxygens (including phenoxy) is 1. The zero-order chi connectivity index (χ0) is 22.4. The molecule has 1 aromatic carbocycles. The van der Waals surface area contributed by atoms with Crippen molar-refractivity contribution in [2.24, 2.45) is 0 Å². The van der Waals surface area contributed by atoms with Crippen molar-refractivity contribution in [3.05, 3.63) is 67.1 Å². The van der Waals surface area contributed by atoms with Gasteiger partial charge in [0.15, 0.2) is 0 Å². The third-order valence-electron chi connectivity index (χ3n) is 4.19. The van der Waals surface area contributed by atoms with Crippen LogP contribution in [0.4, 0.5) is 11.4 Å². The predicted octanol–water partition coefficient (Wildman–Crippen LogP) is 2.45. The van der Waals surface area contributed by atoms with Gasteiger partial charge >= 0.3 is 17.2 Å². The van der Waals surface area contributed by atoms with E-state index in [1.165, 1.54) is 4.90 Å². The molecule has 0 radical (unpaired) electrons. The molecule has 1 amide bonds. The Hall–Kier alpha value is -3.71. The van der Waals surface area contributed by atoms with Crippen LogP contribution in [0, 0.1) is 28.4 Å². The van der Waals surface area contributed by atoms with Crippen molar-refractivity contribution in [3.63, 3.8) is 0 Å². The van der Waals surface area contributed by atoms with Crippen LogP contribution in [0.3, 0.4) is 0 Å². The molecule has 1 heterocycles. The normalized spacial score (nSPS) is 10.2. The zero-order valence-corrected chi connectivity index (χ0v) is 16.9. The molecule has 0 aliphatic heterocycles. The number of nitriles is 1. The number of nitro groups is 1. The van der Waals surface area contributed by atoms with Crippen molar-refractivity contribution in [2.75, 3.05) is 18.6 Å². The second-order valence-corrected chi connectivity index (χ2v) is 6.59. The van der Waals surface area contributed by atoms with Gasteiger partial charge in [-0.1, -0.05) is 11.6 Å². The fraction of sp³-hybridized carbons (Fsp3) is 0.263. The van der Waals surface area contributed by atoms with Gasteiger partial charge in [-0.25, -0.2) is 4.79 Å². The highest BCUT2D eigenvalue weighted by Gasteiger charge is 2.23. The summed E-state index contributed by atoms with van der Waals surface area (Å²) in [6, 6.07) is 7.56. The lowest BCUT2D eigenvalue weighted by Crippen LogP contribution is -2.37. The van der Waals surface area contributed by atoms with Crippen LogP contribution in [-0.2, 0) is 16.1 Å². The SMILES string of the molecule is COC(=O)c1cc([N+](=O)[O-])c(=O)n(CC(=O)N(CCC#N)c2ccc(Cl)c(C)c2)c1. The van der Waals surface area contributed by atoms with E-state index in [-0.39, 0.29) is 18.5 Å². The van der Waals surface area contributed by atoms with Crippen molar-refractivity contribution in [1.29, 1.82) is 5.26 Å². The largest absolute Gasteiger partial charge is 0.465 e. The maximum Gasteiger partial charge on any atom is 0.339 e. The van der Waals surface area contributed by atoms with Crippen LogP contribution < -0.4 is 10.5 Å². The molecule has 0 N–H and O–H groups in total. The van der Waals surface area contributed by atoms with E-state index >= 15 is 0 Å². The molecular weight excluding hydrogens is 416 g/mol. The predicted molar refractivity (Wildman–Crippen MR) is 107 cm³/mol. The number of rotatable bonds is 7. The first-order chi connectivity index (χ1) is 14.2. The van der Waals surface area contributed by atoms with E-state index in [1.54, 1.807) is 25.1 Å². The number of hydrogen-bond acceptors (Lipinski definition) is 7. The molecule has 30 heavy (non-hydrogen) atoms. The van der Waals surface area contributed by atoms with E-state index in [1.807, 2.05) is 6.07 Å². The van der Waals surface area contributed by atoms with Crippen LogP contribution >= 0.6 is 11.6 Å². The molecular formula is C19H17ClN4O6. The topological polar surface area (TPSA) is 136 Å². The number of methoxy groups -OCH3 is 1. The highest BCUT2D eigenvalue weighted by molar-refractivity contribution is 6.31. The third kappa shape index (κ3) is 5.01. The van der Waals surface area contributed by atoms with Crippen molar-refractivity contribution in [3.8, 4) is 6.07 Å². The Morgan fingerprint density at radius 3 is 2.63 bits per heavy atom. The van der Waals surface area contributed by atoms with E-state index in [0.717, 1.165) is 23.9 Å². The Labute approximate surface area is 176 Å². The first-order valence-corrected chi connectivity index (χ1v) is 8.98. The highest BCUT2D eigenvalue weighted by atomic mass is 35.5. The van der Waals surface area contributed by atoms with Gasteiger partial charge in [0.05, 0.1) is 30.1 Å². The second kappa shape index (κ2) is 9.67. The number of nitrogens with zero attached hydrogens (tertiary/aromatic N) is 4. The Morgan fingerprint density at radius 2 is 2.07 bits per heavy atom. The number of amides is 1. The van der Waals surface area contributed by atoms with Crippen molar-refractivity contribution in [1.82, 2.24) is 4.57 Å². The number of aromatic nitrogens is 1. The van der Waals surface area contributed by atoms with Gasteiger partial charge in [0.1, 0.15) is 6.54 Å². The summed E-state index contributed by atoms with van der Waals surface area (Å²) in [5, 5.41) is 20.6. The molecule has 156 valence electrons. The summed E-state index contributed by atoms with van der Waals surface area (Å²) in [4.78, 5) is 48.7. The van der Waals surface area contributed by atoms with Gasteiger partial charge in [-0.05, 0) is 30.7 Å². The Morgan fingerprint density at radius 1 is 1.37 bits per heavy atom. The van der Waals surface area contributed by atoms with Gasteiger partial charge < -0.3 is 9.64 Å². The van der Waals surface area contributed by atoms with Crippen LogP contribution in [0.15, 0.2) is 35.3 Å². The smallest absolute Gasteiger partial charge is 0.339 e. The standard InChI is InChI=1S/C19H17ClN4O6/c1-12-8-14(4-5-15(12)20)23(7-3-6-21)17(25)11-22-10-13(19(27)30-2)9-16(18(22)26)24(28)29/h4-5,8-10H,3,7,11H2,1-2H3. The number of carbonyl (C=O) groups excluding carboxylic acids is 2. The third-order valence-corrected chi connectivity index (χ3v) is 4.62. The molecule has 2 aromatic rings. The molecule has 0 saturated heterocycles. The van der Waals surface area contributed by atoms with E-state index in [2.05, 4.69) is 4.74 Å². The zero-order valence-electron chi connectivity index (χ0n) is 16.1. The number of halogens is 1. The molecule has 1 aromatic heterocycles. The van der Waals surface area contributed by atoms with Gasteiger partial charge in [0.2, 0.25) is 5.91 Å². The van der Waals surface area contributed by atoms with Crippen molar-refractivity contribution < 1.29 is 19.2 Å². The molecule has 0 aliphatic carbocycles. The molecule has 10 nitrogen and oxygen atoms in total. The average molecular weight is 433 g/mol. The summed E-state index contributed by atoms with van der Waals surface area (Å²) >= 11 is 6.02. The monoisotopic (exact) mass is 432 g/mol. The Balaban J connectivity index is 2.48. The van der Waals surface area contributed by atoms with Crippen LogP contribution in [0.5, 0.6) is 0 Å². The molecule has 11 heteroatoms. The van der Waals surface area contributed by atoms with E-state index in [0.29, 0.717) is 16.3 Å². The van der Waals surface area contributed by atoms with Crippen LogP contribution in [0.2, 0.25) is 5.02 Å². The van der Waals surface area contributed by atoms with Crippen molar-refractivity contribution >= 4 is 34.9 Å². The average Bonchev–Trinajstić information content (AvgIpc) is 2.71. The van der Waals surface area contributed by atoms with Gasteiger partial charge in [-0.15, -0.1) is 0 Å². The summed E-state index contributed by atoms with van der Waals surface area (Å²) in [5.74, 6) is -1.50. The molecule has 0 spiro atoms. The number of hydrogen-bond donors (Lipinski definition) is 0. The lowest BCUT2D eigenvalue weighted by molar-refractivity contribution is -0.386. The summed E-state index contributed by atoms with van der Waals surface area (Å²) in [6.07, 6.45) is 1.04. The first kappa shape index (κ1) is 22.6. The van der Waals surface area contributed by atoms with Crippen LogP contribution in [0.1, 0.15) is 22.3 Å². The first-order valence-electron chi connectivity index (χ1n) is 8.60. The minimum Gasteiger partial charge on any atom is -0.465 e. The van der Waals surface area contributed by atoms with E-state index in [4.69, 9.17) is 16.9 Å². The fourth-order valence-electron chi connectivity index (χ4n) is 2.69. The summed E-state index contributed by atoms with van der Waals surface area (Å²) in [6.45, 7) is 1.19. The molecule has 0 atom stereocenters. The van der Waals surface area contributed by atoms with E-state index < -0.39 is 34.6 Å². The summed E-state index contributed by atoms with van der Waals surface area (Å²) in [7, 11) is 1.08. The highest BCUT2D eigenvalue weighted by Crippen LogP contribution is 2.23. The molecule has 2 rings (SSSR count). The lowest BCUT2D eigenvalue weighted by atomic mass is 10.2. The van der Waals surface area contributed by atoms with Crippen molar-refractivity contribution in [2.45, 2.75) is 19.9 Å². The summed E-state index contributed by atoms with van der Waals surface area (Å²) in [5.41, 5.74) is -1.01. The van der Waals surface area contributed by atoms with Gasteiger partial charge in [-0.2, -0.15) is 5.26 Å². The molecule has 0 aliphatic rings. The Kier molecular flexibility index (Phi) is 7.27. The minimum absolute atomic E-state index is 0.0185. The number of carbonyl (C=O) groups is 2. The maximum atomic E-state index is 12.9. The number of benzene rings is 1. The Bertz CT molecular complexity index is 1110. The van der Waals surface area contributed by atoms with Gasteiger partial charge in [0.25, 0.3) is 0 Å². The molecule has 0 fully saturated rings. The lowest BCUT2D eigenvalue weighted by Gasteiger charge is -2.23. The number of aryl methyl sites for hydroxylation is 1. The number of esters is 1. The maximum absolute atomic E-state index is 12.9. The summed E-state index contributed by atoms with van der Waals surface area (Å²) < 4.78 is 5.32. The van der Waals surface area contributed by atoms with Gasteiger partial charge in [-0.3, -0.25) is 24.3 Å². The van der Waals surface area contributed by atoms with Crippen LogP contribution in [0.25, 0.3) is 0 Å². The quantitative estimate of drug-likeness (QED) is 0.372. The van der Waals surface area contributed by atoms with E-state index in [9.17, 15) is 24.5 Å². The fourth-order valence-corrected chi connectivity index (χ4v) is 2.80. The van der Waals surface area contributed by atoms with Crippen LogP contribution in [-0.4, -0.2) is 35.0 Å². The molecule has 0 bridgehead atoms. The van der Waals surface area contributed by atoms with Gasteiger partial charge in [0, 0.05) is 29.5 Å². The second-order valence-electron chi connectivity index (χ2n) is 6.18.